The van der Waals surface area contributed by atoms with Crippen LogP contribution in [0.25, 0.3) is 0 Å². The highest BCUT2D eigenvalue weighted by Gasteiger charge is 2.46. The first kappa shape index (κ1) is 21.7. The number of nitro groups is 1. The van der Waals surface area contributed by atoms with Crippen LogP contribution in [-0.4, -0.2) is 16.6 Å². The minimum absolute atomic E-state index is 0.0329. The van der Waals surface area contributed by atoms with Crippen LogP contribution < -0.4 is 10.2 Å². The number of nitrogens with one attached hydrogen (secondary N) is 1. The molecule has 1 heterocycles. The van der Waals surface area contributed by atoms with Gasteiger partial charge in [0.15, 0.2) is 0 Å². The summed E-state index contributed by atoms with van der Waals surface area (Å²) in [5.41, 5.74) is 2.55. The SMILES string of the molecule is CC(C)C(=O)N1c2ccccc2NC2=CC(C)(C)CC(=O)C2C1c1ccc([N+](=O)[O-])cc1. The average molecular weight is 434 g/mol. The number of carbonyl (C=O) groups excluding carboxylic acids is 2. The van der Waals surface area contributed by atoms with Crippen molar-refractivity contribution < 1.29 is 14.5 Å². The van der Waals surface area contributed by atoms with Crippen LogP contribution in [0.5, 0.6) is 0 Å². The number of fused-ring (bicyclic) bond motifs is 2. The Morgan fingerprint density at radius 3 is 2.44 bits per heavy atom. The molecule has 0 spiro atoms. The first-order valence-electron chi connectivity index (χ1n) is 10.8. The summed E-state index contributed by atoms with van der Waals surface area (Å²) in [6.07, 6.45) is 2.43. The van der Waals surface area contributed by atoms with Crippen LogP contribution in [-0.2, 0) is 9.59 Å². The van der Waals surface area contributed by atoms with E-state index < -0.39 is 16.9 Å². The summed E-state index contributed by atoms with van der Waals surface area (Å²) in [6, 6.07) is 13.1. The van der Waals surface area contributed by atoms with E-state index >= 15 is 0 Å². The molecule has 0 saturated carbocycles. The van der Waals surface area contributed by atoms with Gasteiger partial charge in [-0.2, -0.15) is 0 Å². The first-order chi connectivity index (χ1) is 15.1. The number of ketones is 1. The number of carbonyl (C=O) groups is 2. The third-order valence-corrected chi connectivity index (χ3v) is 6.07. The van der Waals surface area contributed by atoms with E-state index in [1.165, 1.54) is 12.1 Å². The molecule has 1 N–H and O–H groups in total. The van der Waals surface area contributed by atoms with Crippen LogP contribution in [0.2, 0.25) is 0 Å². The molecular formula is C25H27N3O4. The van der Waals surface area contributed by atoms with Crippen molar-refractivity contribution >= 4 is 28.8 Å². The molecule has 7 heteroatoms. The van der Waals surface area contributed by atoms with Gasteiger partial charge in [-0.05, 0) is 23.1 Å². The maximum absolute atomic E-state index is 13.5. The monoisotopic (exact) mass is 433 g/mol. The Hall–Kier alpha value is -3.48. The molecule has 0 bridgehead atoms. The number of non-ortho nitro benzene ring substituents is 1. The van der Waals surface area contributed by atoms with Gasteiger partial charge in [-0.1, -0.05) is 58.0 Å². The second-order valence-electron chi connectivity index (χ2n) is 9.51. The zero-order valence-corrected chi connectivity index (χ0v) is 18.7. The number of nitro benzene ring substituents is 1. The van der Waals surface area contributed by atoms with Crippen LogP contribution in [0, 0.1) is 27.4 Å². The Morgan fingerprint density at radius 1 is 1.16 bits per heavy atom. The maximum atomic E-state index is 13.5. The van der Waals surface area contributed by atoms with Crippen LogP contribution in [0.15, 0.2) is 60.3 Å². The van der Waals surface area contributed by atoms with E-state index in [0.29, 0.717) is 17.7 Å². The number of amides is 1. The second-order valence-corrected chi connectivity index (χ2v) is 9.51. The molecule has 2 aromatic rings. The highest BCUT2D eigenvalue weighted by atomic mass is 16.6. The topological polar surface area (TPSA) is 92.6 Å². The highest BCUT2D eigenvalue weighted by Crippen LogP contribution is 2.49. The zero-order chi connectivity index (χ0) is 23.2. The van der Waals surface area contributed by atoms with Gasteiger partial charge in [0.05, 0.1) is 28.3 Å². The van der Waals surface area contributed by atoms with Gasteiger partial charge in [-0.25, -0.2) is 0 Å². The normalized spacial score (nSPS) is 21.7. The van der Waals surface area contributed by atoms with Crippen molar-refractivity contribution in [1.29, 1.82) is 0 Å². The highest BCUT2D eigenvalue weighted by molar-refractivity contribution is 6.02. The van der Waals surface area contributed by atoms with Gasteiger partial charge in [-0.15, -0.1) is 0 Å². The van der Waals surface area contributed by atoms with E-state index in [1.54, 1.807) is 17.0 Å². The van der Waals surface area contributed by atoms with Gasteiger partial charge in [0, 0.05) is 30.2 Å². The van der Waals surface area contributed by atoms with Crippen LogP contribution in [0.1, 0.15) is 45.7 Å². The number of hydrogen-bond acceptors (Lipinski definition) is 5. The third-order valence-electron chi connectivity index (χ3n) is 6.07. The van der Waals surface area contributed by atoms with Crippen molar-refractivity contribution in [3.63, 3.8) is 0 Å². The number of rotatable bonds is 3. The van der Waals surface area contributed by atoms with Crippen LogP contribution in [0.4, 0.5) is 17.1 Å². The molecule has 0 radical (unpaired) electrons. The lowest BCUT2D eigenvalue weighted by atomic mass is 9.72. The van der Waals surface area contributed by atoms with Gasteiger partial charge in [0.1, 0.15) is 5.78 Å². The minimum Gasteiger partial charge on any atom is -0.357 e. The fourth-order valence-electron chi connectivity index (χ4n) is 4.67. The van der Waals surface area contributed by atoms with E-state index in [9.17, 15) is 19.7 Å². The van der Waals surface area contributed by atoms with Crippen molar-refractivity contribution in [3.05, 3.63) is 76.0 Å². The van der Waals surface area contributed by atoms with Crippen molar-refractivity contribution in [2.75, 3.05) is 10.2 Å². The zero-order valence-electron chi connectivity index (χ0n) is 18.7. The summed E-state index contributed by atoms with van der Waals surface area (Å²) in [6.45, 7) is 7.70. The fraction of sp³-hybridized carbons (Fsp3) is 0.360. The van der Waals surface area contributed by atoms with Crippen molar-refractivity contribution in [3.8, 4) is 0 Å². The molecule has 1 aliphatic carbocycles. The molecule has 2 aliphatic rings. The summed E-state index contributed by atoms with van der Waals surface area (Å²) in [4.78, 5) is 39.5. The van der Waals surface area contributed by atoms with Crippen LogP contribution >= 0.6 is 0 Å². The molecule has 1 aliphatic heterocycles. The van der Waals surface area contributed by atoms with Gasteiger partial charge in [0.25, 0.3) is 5.69 Å². The maximum Gasteiger partial charge on any atom is 0.269 e. The number of allylic oxidation sites excluding steroid dienone is 1. The third kappa shape index (κ3) is 3.79. The average Bonchev–Trinajstić information content (AvgIpc) is 2.86. The Bertz CT molecular complexity index is 1120. The van der Waals surface area contributed by atoms with Crippen LogP contribution in [0.3, 0.4) is 0 Å². The lowest BCUT2D eigenvalue weighted by Crippen LogP contribution is -2.45. The molecule has 4 rings (SSSR count). The largest absolute Gasteiger partial charge is 0.357 e. The quantitative estimate of drug-likeness (QED) is 0.527. The molecule has 166 valence electrons. The number of hydrogen-bond donors (Lipinski definition) is 1. The summed E-state index contributed by atoms with van der Waals surface area (Å²) < 4.78 is 0. The molecule has 2 aromatic carbocycles. The summed E-state index contributed by atoms with van der Waals surface area (Å²) in [5, 5.41) is 14.6. The number of anilines is 2. The molecule has 7 nitrogen and oxygen atoms in total. The second kappa shape index (κ2) is 7.89. The van der Waals surface area contributed by atoms with E-state index in [1.807, 2.05) is 52.0 Å². The predicted molar refractivity (Wildman–Crippen MR) is 123 cm³/mol. The lowest BCUT2D eigenvalue weighted by molar-refractivity contribution is -0.384. The summed E-state index contributed by atoms with van der Waals surface area (Å²) in [5.74, 6) is -0.969. The molecule has 32 heavy (non-hydrogen) atoms. The van der Waals surface area contributed by atoms with E-state index in [-0.39, 0.29) is 28.7 Å². The van der Waals surface area contributed by atoms with Crippen molar-refractivity contribution in [2.24, 2.45) is 17.3 Å². The fourth-order valence-corrected chi connectivity index (χ4v) is 4.67. The number of benzene rings is 2. The number of Topliss-reactive ketones (excluding diaryl/α,β-unsaturated/α-hetero) is 1. The molecular weight excluding hydrogens is 406 g/mol. The Morgan fingerprint density at radius 2 is 1.81 bits per heavy atom. The first-order valence-corrected chi connectivity index (χ1v) is 10.8. The standard InChI is InChI=1S/C25H27N3O4/c1-15(2)24(30)27-20-8-6-5-7-18(20)26-19-13-25(3,4)14-21(29)22(19)23(27)16-9-11-17(12-10-16)28(31)32/h5-13,15,22-23,26H,14H2,1-4H3. The summed E-state index contributed by atoms with van der Waals surface area (Å²) in [7, 11) is 0. The molecule has 2 unspecified atom stereocenters. The van der Waals surface area contributed by atoms with Gasteiger partial charge >= 0.3 is 0 Å². The van der Waals surface area contributed by atoms with Gasteiger partial charge in [0.2, 0.25) is 5.91 Å². The van der Waals surface area contributed by atoms with Crippen molar-refractivity contribution in [2.45, 2.75) is 40.2 Å². The van der Waals surface area contributed by atoms with E-state index in [2.05, 4.69) is 11.4 Å². The number of nitrogens with zero attached hydrogens (tertiary/aromatic N) is 2. The number of para-hydroxylation sites is 2. The predicted octanol–water partition coefficient (Wildman–Crippen LogP) is 5.25. The van der Waals surface area contributed by atoms with Crippen molar-refractivity contribution in [1.82, 2.24) is 0 Å². The molecule has 2 atom stereocenters. The van der Waals surface area contributed by atoms with Gasteiger partial charge in [-0.3, -0.25) is 19.7 Å². The Kier molecular flexibility index (Phi) is 5.36. The van der Waals surface area contributed by atoms with Gasteiger partial charge < -0.3 is 10.2 Å². The van der Waals surface area contributed by atoms with E-state index in [0.717, 1.165) is 11.4 Å². The molecule has 1 amide bonds. The van der Waals surface area contributed by atoms with E-state index in [4.69, 9.17) is 0 Å². The smallest absolute Gasteiger partial charge is 0.269 e. The summed E-state index contributed by atoms with van der Waals surface area (Å²) >= 11 is 0. The lowest BCUT2D eigenvalue weighted by Gasteiger charge is -2.39. The Balaban J connectivity index is 1.98. The molecule has 0 saturated heterocycles. The molecule has 0 fully saturated rings. The Labute approximate surface area is 187 Å². The molecule has 0 aromatic heterocycles. The minimum atomic E-state index is -0.614.